The maximum atomic E-state index is 12.0. The van der Waals surface area contributed by atoms with Crippen LogP contribution in [0.4, 0.5) is 0 Å². The molecule has 0 spiro atoms. The normalized spacial score (nSPS) is 26.0. The lowest BCUT2D eigenvalue weighted by Crippen LogP contribution is -2.50. The van der Waals surface area contributed by atoms with Crippen molar-refractivity contribution in [2.24, 2.45) is 0 Å². The van der Waals surface area contributed by atoms with Crippen LogP contribution in [0.5, 0.6) is 0 Å². The molecule has 1 aromatic rings. The number of β-amino-alcohol motifs (C(OH)–C–C–N with tert-alkyl or cyclic N) is 1. The molecule has 6 heteroatoms. The molecule has 1 saturated heterocycles. The van der Waals surface area contributed by atoms with E-state index in [2.05, 4.69) is 21.8 Å². The van der Waals surface area contributed by atoms with E-state index in [1.807, 2.05) is 0 Å². The summed E-state index contributed by atoms with van der Waals surface area (Å²) in [6.07, 6.45) is 8.98. The van der Waals surface area contributed by atoms with Crippen molar-refractivity contribution in [2.45, 2.75) is 63.1 Å². The van der Waals surface area contributed by atoms with Crippen LogP contribution >= 0.6 is 0 Å². The maximum absolute atomic E-state index is 12.0. The quantitative estimate of drug-likeness (QED) is 0.892. The van der Waals surface area contributed by atoms with Gasteiger partial charge in [-0.05, 0) is 38.3 Å². The molecule has 0 radical (unpaired) electrons. The van der Waals surface area contributed by atoms with E-state index in [-0.39, 0.29) is 12.3 Å². The van der Waals surface area contributed by atoms with E-state index in [1.165, 1.54) is 25.7 Å². The van der Waals surface area contributed by atoms with Crippen molar-refractivity contribution in [1.29, 1.82) is 0 Å². The average Bonchev–Trinajstić information content (AvgIpc) is 3.17. The van der Waals surface area contributed by atoms with Crippen LogP contribution in [0.2, 0.25) is 0 Å². The molecule has 2 aliphatic rings. The monoisotopic (exact) mass is 334 g/mol. The number of hydrogen-bond donors (Lipinski definition) is 1. The lowest BCUT2D eigenvalue weighted by molar-refractivity contribution is -0.136. The fourth-order valence-corrected chi connectivity index (χ4v) is 3.99. The minimum absolute atomic E-state index is 0.00939. The Bertz CT molecular complexity index is 565. The van der Waals surface area contributed by atoms with Gasteiger partial charge in [0.1, 0.15) is 0 Å². The van der Waals surface area contributed by atoms with Crippen molar-refractivity contribution >= 4 is 5.91 Å². The van der Waals surface area contributed by atoms with E-state index in [0.717, 1.165) is 25.2 Å². The van der Waals surface area contributed by atoms with Gasteiger partial charge in [-0.15, -0.1) is 0 Å². The Labute approximate surface area is 144 Å². The standard InChI is InChI=1S/C18H30N4O2/c1-20(2)17(23)12-18(24)9-5-10-21(14-18)13-15-8-11-22(19-15)16-6-3-4-7-16/h8,11,16,24H,3-7,9-10,12-14H2,1-2H3. The molecule has 0 aromatic carbocycles. The third-order valence-corrected chi connectivity index (χ3v) is 5.36. The molecule has 1 aliphatic heterocycles. The molecule has 6 nitrogen and oxygen atoms in total. The third kappa shape index (κ3) is 4.16. The Morgan fingerprint density at radius 1 is 1.38 bits per heavy atom. The summed E-state index contributed by atoms with van der Waals surface area (Å²) in [4.78, 5) is 15.7. The largest absolute Gasteiger partial charge is 0.388 e. The molecule has 1 saturated carbocycles. The van der Waals surface area contributed by atoms with E-state index >= 15 is 0 Å². The number of amides is 1. The van der Waals surface area contributed by atoms with Crippen molar-refractivity contribution in [3.8, 4) is 0 Å². The average molecular weight is 334 g/mol. The summed E-state index contributed by atoms with van der Waals surface area (Å²) in [5.74, 6) is -0.00939. The van der Waals surface area contributed by atoms with E-state index in [9.17, 15) is 9.90 Å². The summed E-state index contributed by atoms with van der Waals surface area (Å²) in [5, 5.41) is 15.5. The Hall–Kier alpha value is -1.40. The summed E-state index contributed by atoms with van der Waals surface area (Å²) in [7, 11) is 3.48. The molecule has 1 aromatic heterocycles. The van der Waals surface area contributed by atoms with Crippen LogP contribution in [0.15, 0.2) is 12.3 Å². The van der Waals surface area contributed by atoms with Crippen LogP contribution in [0.1, 0.15) is 56.7 Å². The molecule has 1 unspecified atom stereocenters. The van der Waals surface area contributed by atoms with Gasteiger partial charge >= 0.3 is 0 Å². The van der Waals surface area contributed by atoms with Gasteiger partial charge in [0.2, 0.25) is 5.91 Å². The zero-order chi connectivity index (χ0) is 17.2. The van der Waals surface area contributed by atoms with Crippen LogP contribution < -0.4 is 0 Å². The molecule has 1 aliphatic carbocycles. The summed E-state index contributed by atoms with van der Waals surface area (Å²) in [6, 6.07) is 2.66. The van der Waals surface area contributed by atoms with Crippen LogP contribution in [-0.4, -0.2) is 63.4 Å². The smallest absolute Gasteiger partial charge is 0.224 e. The number of carbonyl (C=O) groups is 1. The van der Waals surface area contributed by atoms with E-state index in [4.69, 9.17) is 5.10 Å². The molecular weight excluding hydrogens is 304 g/mol. The van der Waals surface area contributed by atoms with Crippen molar-refractivity contribution in [3.05, 3.63) is 18.0 Å². The van der Waals surface area contributed by atoms with Gasteiger partial charge in [0, 0.05) is 33.4 Å². The maximum Gasteiger partial charge on any atom is 0.224 e. The highest BCUT2D eigenvalue weighted by Gasteiger charge is 2.36. The van der Waals surface area contributed by atoms with E-state index in [0.29, 0.717) is 19.0 Å². The van der Waals surface area contributed by atoms with Gasteiger partial charge in [0.25, 0.3) is 0 Å². The molecule has 134 valence electrons. The number of carbonyl (C=O) groups excluding carboxylic acids is 1. The van der Waals surface area contributed by atoms with Gasteiger partial charge in [-0.2, -0.15) is 5.10 Å². The molecule has 3 rings (SSSR count). The van der Waals surface area contributed by atoms with Crippen molar-refractivity contribution < 1.29 is 9.90 Å². The number of hydrogen-bond acceptors (Lipinski definition) is 4. The minimum Gasteiger partial charge on any atom is -0.388 e. The summed E-state index contributed by atoms with van der Waals surface area (Å²) in [6.45, 7) is 2.25. The highest BCUT2D eigenvalue weighted by molar-refractivity contribution is 5.76. The number of likely N-dealkylation sites (tertiary alicyclic amines) is 1. The number of nitrogens with zero attached hydrogens (tertiary/aromatic N) is 4. The molecule has 2 heterocycles. The predicted molar refractivity (Wildman–Crippen MR) is 92.5 cm³/mol. The van der Waals surface area contributed by atoms with Gasteiger partial charge in [-0.25, -0.2) is 0 Å². The Kier molecular flexibility index (Phi) is 5.25. The molecular formula is C18H30N4O2. The lowest BCUT2D eigenvalue weighted by atomic mass is 9.89. The predicted octanol–water partition coefficient (Wildman–Crippen LogP) is 1.80. The first-order valence-corrected chi connectivity index (χ1v) is 9.14. The summed E-state index contributed by atoms with van der Waals surface area (Å²) < 4.78 is 2.12. The SMILES string of the molecule is CN(C)C(=O)CC1(O)CCCN(Cc2ccn(C3CCCC3)n2)C1. The summed E-state index contributed by atoms with van der Waals surface area (Å²) >= 11 is 0. The second-order valence-corrected chi connectivity index (χ2v) is 7.73. The highest BCUT2D eigenvalue weighted by Crippen LogP contribution is 2.29. The fraction of sp³-hybridized carbons (Fsp3) is 0.778. The number of piperidine rings is 1. The second-order valence-electron chi connectivity index (χ2n) is 7.73. The van der Waals surface area contributed by atoms with Gasteiger partial charge < -0.3 is 10.0 Å². The second kappa shape index (κ2) is 7.23. The Morgan fingerprint density at radius 3 is 2.83 bits per heavy atom. The van der Waals surface area contributed by atoms with Gasteiger partial charge in [0.15, 0.2) is 0 Å². The highest BCUT2D eigenvalue weighted by atomic mass is 16.3. The number of aromatic nitrogens is 2. The molecule has 1 amide bonds. The topological polar surface area (TPSA) is 61.6 Å². The first-order valence-electron chi connectivity index (χ1n) is 9.14. The van der Waals surface area contributed by atoms with Gasteiger partial charge in [-0.3, -0.25) is 14.4 Å². The Morgan fingerprint density at radius 2 is 2.12 bits per heavy atom. The van der Waals surface area contributed by atoms with Crippen molar-refractivity contribution in [3.63, 3.8) is 0 Å². The zero-order valence-electron chi connectivity index (χ0n) is 14.9. The first kappa shape index (κ1) is 17.4. The molecule has 24 heavy (non-hydrogen) atoms. The van der Waals surface area contributed by atoms with Crippen LogP contribution in [0.3, 0.4) is 0 Å². The van der Waals surface area contributed by atoms with E-state index in [1.54, 1.807) is 19.0 Å². The van der Waals surface area contributed by atoms with Crippen LogP contribution in [0, 0.1) is 0 Å². The van der Waals surface area contributed by atoms with Crippen molar-refractivity contribution in [1.82, 2.24) is 19.6 Å². The van der Waals surface area contributed by atoms with Crippen molar-refractivity contribution in [2.75, 3.05) is 27.2 Å². The molecule has 0 bridgehead atoms. The van der Waals surface area contributed by atoms with Gasteiger partial charge in [0.05, 0.1) is 23.8 Å². The van der Waals surface area contributed by atoms with Crippen LogP contribution in [-0.2, 0) is 11.3 Å². The Balaban J connectivity index is 1.58. The molecule has 1 N–H and O–H groups in total. The van der Waals surface area contributed by atoms with E-state index < -0.39 is 5.60 Å². The lowest BCUT2D eigenvalue weighted by Gasteiger charge is -2.39. The summed E-state index contributed by atoms with van der Waals surface area (Å²) in [5.41, 5.74) is 0.151. The number of rotatable bonds is 5. The van der Waals surface area contributed by atoms with Crippen LogP contribution in [0.25, 0.3) is 0 Å². The van der Waals surface area contributed by atoms with Gasteiger partial charge in [-0.1, -0.05) is 12.8 Å². The first-order chi connectivity index (χ1) is 11.5. The molecule has 1 atom stereocenters. The molecule has 2 fully saturated rings. The zero-order valence-corrected chi connectivity index (χ0v) is 14.9. The third-order valence-electron chi connectivity index (χ3n) is 5.36. The minimum atomic E-state index is -0.909. The number of aliphatic hydroxyl groups is 1. The fourth-order valence-electron chi connectivity index (χ4n) is 3.99.